The molecule has 1 unspecified atom stereocenters. The molecule has 0 saturated carbocycles. The van der Waals surface area contributed by atoms with Gasteiger partial charge in [-0.2, -0.15) is 0 Å². The highest BCUT2D eigenvalue weighted by Gasteiger charge is 2.22. The van der Waals surface area contributed by atoms with Crippen molar-refractivity contribution in [3.05, 3.63) is 65.5 Å². The van der Waals surface area contributed by atoms with Crippen LogP contribution in [0.15, 0.2) is 48.5 Å². The van der Waals surface area contributed by atoms with Crippen molar-refractivity contribution in [2.24, 2.45) is 0 Å². The molecule has 26 heavy (non-hydrogen) atoms. The van der Waals surface area contributed by atoms with Gasteiger partial charge < -0.3 is 15.0 Å². The smallest absolute Gasteiger partial charge is 0.239 e. The Bertz CT molecular complexity index is 727. The average Bonchev–Trinajstić information content (AvgIpc) is 3.19. The largest absolute Gasteiger partial charge is 0.489 e. The van der Waals surface area contributed by atoms with E-state index >= 15 is 0 Å². The normalized spacial score (nSPS) is 15.1. The molecule has 1 atom stereocenters. The van der Waals surface area contributed by atoms with Crippen LogP contribution in [0.1, 0.15) is 30.9 Å². The number of hydrogen-bond acceptors (Lipinski definition) is 3. The Morgan fingerprint density at radius 1 is 1.15 bits per heavy atom. The van der Waals surface area contributed by atoms with E-state index in [2.05, 4.69) is 5.32 Å². The van der Waals surface area contributed by atoms with Crippen molar-refractivity contribution in [2.45, 2.75) is 39.0 Å². The molecule has 0 bridgehead atoms. The van der Waals surface area contributed by atoms with Gasteiger partial charge in [-0.05, 0) is 55.2 Å². The lowest BCUT2D eigenvalue weighted by molar-refractivity contribution is -0.131. The van der Waals surface area contributed by atoms with E-state index in [0.29, 0.717) is 13.2 Å². The van der Waals surface area contributed by atoms with Gasteiger partial charge in [0, 0.05) is 19.6 Å². The number of carbonyl (C=O) groups excluding carboxylic acids is 1. The Hall–Kier alpha value is -2.40. The number of likely N-dealkylation sites (tertiary alicyclic amines) is 1. The molecule has 0 radical (unpaired) electrons. The van der Waals surface area contributed by atoms with E-state index in [9.17, 15) is 9.18 Å². The third-order valence-corrected chi connectivity index (χ3v) is 4.62. The highest BCUT2D eigenvalue weighted by atomic mass is 19.1. The number of carbonyl (C=O) groups is 1. The maximum atomic E-state index is 13.2. The van der Waals surface area contributed by atoms with Gasteiger partial charge in [0.15, 0.2) is 0 Å². The van der Waals surface area contributed by atoms with Crippen molar-refractivity contribution in [1.29, 1.82) is 0 Å². The number of nitrogens with zero attached hydrogens (tertiary/aromatic N) is 1. The quantitative estimate of drug-likeness (QED) is 0.825. The Labute approximate surface area is 154 Å². The van der Waals surface area contributed by atoms with Crippen LogP contribution in [0.3, 0.4) is 0 Å². The highest BCUT2D eigenvalue weighted by molar-refractivity contribution is 5.81. The zero-order valence-corrected chi connectivity index (χ0v) is 15.1. The number of rotatable bonds is 7. The molecular formula is C21H25FN2O2. The minimum Gasteiger partial charge on any atom is -0.489 e. The molecular weight excluding hydrogens is 331 g/mol. The van der Waals surface area contributed by atoms with Crippen LogP contribution in [-0.2, 0) is 17.9 Å². The van der Waals surface area contributed by atoms with Gasteiger partial charge in [0.05, 0.1) is 6.04 Å². The summed E-state index contributed by atoms with van der Waals surface area (Å²) in [6, 6.07) is 13.9. The summed E-state index contributed by atoms with van der Waals surface area (Å²) >= 11 is 0. The third kappa shape index (κ3) is 5.05. The zero-order chi connectivity index (χ0) is 18.4. The first kappa shape index (κ1) is 18.4. The number of amides is 1. The molecule has 1 N–H and O–H groups in total. The molecule has 1 aliphatic heterocycles. The summed E-state index contributed by atoms with van der Waals surface area (Å²) in [4.78, 5) is 14.2. The average molecular weight is 356 g/mol. The van der Waals surface area contributed by atoms with Crippen molar-refractivity contribution in [2.75, 3.05) is 13.1 Å². The topological polar surface area (TPSA) is 41.6 Å². The van der Waals surface area contributed by atoms with E-state index < -0.39 is 0 Å². The van der Waals surface area contributed by atoms with Crippen LogP contribution >= 0.6 is 0 Å². The van der Waals surface area contributed by atoms with E-state index in [-0.39, 0.29) is 17.8 Å². The second-order valence-electron chi connectivity index (χ2n) is 6.70. The fourth-order valence-electron chi connectivity index (χ4n) is 3.07. The Morgan fingerprint density at radius 3 is 2.58 bits per heavy atom. The minimum absolute atomic E-state index is 0.178. The van der Waals surface area contributed by atoms with Crippen LogP contribution in [0.5, 0.6) is 5.75 Å². The van der Waals surface area contributed by atoms with Gasteiger partial charge in [-0.3, -0.25) is 4.79 Å². The van der Waals surface area contributed by atoms with Crippen molar-refractivity contribution in [3.63, 3.8) is 0 Å². The summed E-state index contributed by atoms with van der Waals surface area (Å²) < 4.78 is 18.8. The number of hydrogen-bond donors (Lipinski definition) is 1. The maximum Gasteiger partial charge on any atom is 0.239 e. The van der Waals surface area contributed by atoms with Crippen molar-refractivity contribution in [3.8, 4) is 5.75 Å². The lowest BCUT2D eigenvalue weighted by atomic mass is 10.2. The lowest BCUT2D eigenvalue weighted by Gasteiger charge is -2.21. The fraction of sp³-hybridized carbons (Fsp3) is 0.381. The minimum atomic E-state index is -0.259. The van der Waals surface area contributed by atoms with Crippen molar-refractivity contribution >= 4 is 5.91 Å². The van der Waals surface area contributed by atoms with E-state index in [1.165, 1.54) is 12.1 Å². The molecule has 0 aliphatic carbocycles. The SMILES string of the molecule is CC(NCc1ccc(OCc2cccc(F)c2)cc1)C(=O)N1CCCC1. The molecule has 0 aromatic heterocycles. The Balaban J connectivity index is 1.45. The standard InChI is InChI=1S/C21H25FN2O2/c1-16(21(25)24-11-2-3-12-24)23-14-17-7-9-20(10-8-17)26-15-18-5-4-6-19(22)13-18/h4-10,13,16,23H,2-3,11-12,14-15H2,1H3. The Kier molecular flexibility index (Phi) is 6.23. The molecule has 1 saturated heterocycles. The van der Waals surface area contributed by atoms with Gasteiger partial charge in [-0.1, -0.05) is 24.3 Å². The molecule has 0 spiro atoms. The van der Waals surface area contributed by atoms with Gasteiger partial charge in [0.2, 0.25) is 5.91 Å². The predicted octanol–water partition coefficient (Wildman–Crippen LogP) is 3.51. The van der Waals surface area contributed by atoms with Crippen LogP contribution in [0, 0.1) is 5.82 Å². The summed E-state index contributed by atoms with van der Waals surface area (Å²) in [6.45, 7) is 4.63. The Morgan fingerprint density at radius 2 is 1.88 bits per heavy atom. The molecule has 2 aromatic carbocycles. The second kappa shape index (κ2) is 8.81. The molecule has 138 valence electrons. The number of nitrogens with one attached hydrogen (secondary N) is 1. The monoisotopic (exact) mass is 356 g/mol. The summed E-state index contributed by atoms with van der Waals surface area (Å²) in [5.41, 5.74) is 1.88. The zero-order valence-electron chi connectivity index (χ0n) is 15.1. The highest BCUT2D eigenvalue weighted by Crippen LogP contribution is 2.15. The van der Waals surface area contributed by atoms with Gasteiger partial charge >= 0.3 is 0 Å². The van der Waals surface area contributed by atoms with E-state index in [4.69, 9.17) is 4.74 Å². The second-order valence-corrected chi connectivity index (χ2v) is 6.70. The first-order valence-corrected chi connectivity index (χ1v) is 9.10. The van der Waals surface area contributed by atoms with Gasteiger partial charge in [0.25, 0.3) is 0 Å². The molecule has 5 heteroatoms. The van der Waals surface area contributed by atoms with Gasteiger partial charge in [-0.15, -0.1) is 0 Å². The first-order valence-electron chi connectivity index (χ1n) is 9.10. The van der Waals surface area contributed by atoms with Crippen LogP contribution in [0.25, 0.3) is 0 Å². The van der Waals surface area contributed by atoms with Crippen LogP contribution in [0.4, 0.5) is 4.39 Å². The maximum absolute atomic E-state index is 13.2. The summed E-state index contributed by atoms with van der Waals surface area (Å²) in [5, 5.41) is 3.29. The fourth-order valence-corrected chi connectivity index (χ4v) is 3.07. The van der Waals surface area contributed by atoms with E-state index in [1.54, 1.807) is 6.07 Å². The predicted molar refractivity (Wildman–Crippen MR) is 99.3 cm³/mol. The van der Waals surface area contributed by atoms with Gasteiger partial charge in [0.1, 0.15) is 18.2 Å². The molecule has 1 fully saturated rings. The molecule has 1 aliphatic rings. The summed E-state index contributed by atoms with van der Waals surface area (Å²) in [7, 11) is 0. The molecule has 1 heterocycles. The summed E-state index contributed by atoms with van der Waals surface area (Å²) in [5.74, 6) is 0.655. The first-order chi connectivity index (χ1) is 12.6. The molecule has 2 aromatic rings. The number of halogens is 1. The van der Waals surface area contributed by atoms with Crippen molar-refractivity contribution in [1.82, 2.24) is 10.2 Å². The summed E-state index contributed by atoms with van der Waals surface area (Å²) in [6.07, 6.45) is 2.21. The molecule has 1 amide bonds. The van der Waals surface area contributed by atoms with Crippen LogP contribution in [-0.4, -0.2) is 29.9 Å². The van der Waals surface area contributed by atoms with E-state index in [1.807, 2.05) is 42.2 Å². The van der Waals surface area contributed by atoms with Crippen LogP contribution in [0.2, 0.25) is 0 Å². The molecule has 4 nitrogen and oxygen atoms in total. The number of benzene rings is 2. The molecule has 3 rings (SSSR count). The van der Waals surface area contributed by atoms with E-state index in [0.717, 1.165) is 42.8 Å². The third-order valence-electron chi connectivity index (χ3n) is 4.62. The van der Waals surface area contributed by atoms with Crippen LogP contribution < -0.4 is 10.1 Å². The van der Waals surface area contributed by atoms with Gasteiger partial charge in [-0.25, -0.2) is 4.39 Å². The lowest BCUT2D eigenvalue weighted by Crippen LogP contribution is -2.43. The number of ether oxygens (including phenoxy) is 1. The van der Waals surface area contributed by atoms with Crippen molar-refractivity contribution < 1.29 is 13.9 Å².